The van der Waals surface area contributed by atoms with Crippen molar-refractivity contribution < 1.29 is 0 Å². The summed E-state index contributed by atoms with van der Waals surface area (Å²) in [4.78, 5) is 0. The van der Waals surface area contributed by atoms with Crippen LogP contribution in [0.5, 0.6) is 0 Å². The van der Waals surface area contributed by atoms with Gasteiger partial charge in [0.05, 0.1) is 23.0 Å². The number of aryl methyl sites for hydroxylation is 2. The second kappa shape index (κ2) is 5.31. The summed E-state index contributed by atoms with van der Waals surface area (Å²) in [6, 6.07) is 5.37. The van der Waals surface area contributed by atoms with Crippen molar-refractivity contribution in [3.63, 3.8) is 0 Å². The smallest absolute Gasteiger partial charge is 0.0837 e. The lowest BCUT2D eigenvalue weighted by Crippen LogP contribution is -2.18. The van der Waals surface area contributed by atoms with Gasteiger partial charge in [-0.1, -0.05) is 29.3 Å². The third-order valence-corrected chi connectivity index (χ3v) is 3.53. The summed E-state index contributed by atoms with van der Waals surface area (Å²) >= 11 is 12.2. The summed E-state index contributed by atoms with van der Waals surface area (Å²) in [6.07, 6.45) is 1.63. The predicted molar refractivity (Wildman–Crippen MR) is 75.1 cm³/mol. The van der Waals surface area contributed by atoms with Crippen LogP contribution in [-0.2, 0) is 6.54 Å². The minimum Gasteiger partial charge on any atom is -0.319 e. The quantitative estimate of drug-likeness (QED) is 0.936. The Morgan fingerprint density at radius 2 is 2.11 bits per heavy atom. The van der Waals surface area contributed by atoms with Crippen LogP contribution < -0.4 is 5.73 Å². The van der Waals surface area contributed by atoms with Gasteiger partial charge in [0, 0.05) is 11.6 Å². The number of hydrogen-bond donors (Lipinski definition) is 1. The summed E-state index contributed by atoms with van der Waals surface area (Å²) in [6.45, 7) is 4.74. The molecule has 0 aliphatic rings. The maximum Gasteiger partial charge on any atom is 0.0837 e. The molecule has 0 radical (unpaired) electrons. The van der Waals surface area contributed by atoms with E-state index in [1.165, 1.54) is 0 Å². The fraction of sp³-hybridized carbons (Fsp3) is 0.308. The molecule has 0 aliphatic carbocycles. The third kappa shape index (κ3) is 2.39. The van der Waals surface area contributed by atoms with Gasteiger partial charge in [0.1, 0.15) is 0 Å². The lowest BCUT2D eigenvalue weighted by molar-refractivity contribution is 0.600. The van der Waals surface area contributed by atoms with E-state index >= 15 is 0 Å². The first-order valence-electron chi connectivity index (χ1n) is 5.77. The third-order valence-electron chi connectivity index (χ3n) is 3.00. The highest BCUT2D eigenvalue weighted by Crippen LogP contribution is 2.29. The number of nitrogens with zero attached hydrogens (tertiary/aromatic N) is 2. The number of hydrogen-bond acceptors (Lipinski definition) is 2. The van der Waals surface area contributed by atoms with Crippen molar-refractivity contribution in [3.05, 3.63) is 51.3 Å². The molecule has 3 nitrogen and oxygen atoms in total. The first-order valence-corrected chi connectivity index (χ1v) is 6.53. The molecule has 0 saturated heterocycles. The van der Waals surface area contributed by atoms with Crippen molar-refractivity contribution in [1.82, 2.24) is 9.78 Å². The van der Waals surface area contributed by atoms with Gasteiger partial charge in [-0.05, 0) is 37.1 Å². The van der Waals surface area contributed by atoms with Crippen molar-refractivity contribution in [2.45, 2.75) is 26.4 Å². The molecular formula is C13H15Cl2N3. The lowest BCUT2D eigenvalue weighted by Gasteiger charge is -2.17. The van der Waals surface area contributed by atoms with Gasteiger partial charge in [0.25, 0.3) is 0 Å². The Bertz CT molecular complexity index is 563. The topological polar surface area (TPSA) is 43.8 Å². The SMILES string of the molecule is CCn1ncc(Cl)c1C(N)c1cc(Cl)ccc1C. The number of aromatic nitrogens is 2. The van der Waals surface area contributed by atoms with Crippen molar-refractivity contribution in [3.8, 4) is 0 Å². The second-order valence-electron chi connectivity index (χ2n) is 4.17. The molecule has 1 atom stereocenters. The van der Waals surface area contributed by atoms with Gasteiger partial charge in [0.2, 0.25) is 0 Å². The van der Waals surface area contributed by atoms with Crippen molar-refractivity contribution >= 4 is 23.2 Å². The van der Waals surface area contributed by atoms with E-state index in [-0.39, 0.29) is 6.04 Å². The van der Waals surface area contributed by atoms with Crippen LogP contribution in [0.3, 0.4) is 0 Å². The van der Waals surface area contributed by atoms with Gasteiger partial charge >= 0.3 is 0 Å². The molecule has 0 saturated carbocycles. The Labute approximate surface area is 117 Å². The number of halogens is 2. The van der Waals surface area contributed by atoms with E-state index in [2.05, 4.69) is 5.10 Å². The Hall–Kier alpha value is -1.03. The normalized spacial score (nSPS) is 12.7. The molecule has 18 heavy (non-hydrogen) atoms. The summed E-state index contributed by atoms with van der Waals surface area (Å²) < 4.78 is 1.81. The summed E-state index contributed by atoms with van der Waals surface area (Å²) in [5.41, 5.74) is 9.19. The van der Waals surface area contributed by atoms with Crippen molar-refractivity contribution in [2.75, 3.05) is 0 Å². The molecule has 0 bridgehead atoms. The average molecular weight is 284 g/mol. The van der Waals surface area contributed by atoms with Crippen LogP contribution in [0, 0.1) is 6.92 Å². The van der Waals surface area contributed by atoms with E-state index in [0.29, 0.717) is 10.0 Å². The van der Waals surface area contributed by atoms with Crippen LogP contribution in [-0.4, -0.2) is 9.78 Å². The molecule has 0 aliphatic heterocycles. The maximum absolute atomic E-state index is 6.30. The molecule has 0 amide bonds. The van der Waals surface area contributed by atoms with Crippen LogP contribution in [0.4, 0.5) is 0 Å². The molecule has 1 aromatic carbocycles. The molecule has 2 N–H and O–H groups in total. The highest BCUT2D eigenvalue weighted by atomic mass is 35.5. The van der Waals surface area contributed by atoms with E-state index in [1.54, 1.807) is 6.20 Å². The van der Waals surface area contributed by atoms with Gasteiger partial charge in [0.15, 0.2) is 0 Å². The van der Waals surface area contributed by atoms with Crippen molar-refractivity contribution in [1.29, 1.82) is 0 Å². The van der Waals surface area contributed by atoms with E-state index in [0.717, 1.165) is 23.4 Å². The van der Waals surface area contributed by atoms with Crippen LogP contribution in [0.1, 0.15) is 29.8 Å². The number of rotatable bonds is 3. The predicted octanol–water partition coefficient (Wildman–Crippen LogP) is 3.57. The molecule has 5 heteroatoms. The zero-order valence-corrected chi connectivity index (χ0v) is 11.8. The van der Waals surface area contributed by atoms with Gasteiger partial charge in [-0.15, -0.1) is 0 Å². The van der Waals surface area contributed by atoms with Crippen LogP contribution >= 0.6 is 23.2 Å². The van der Waals surface area contributed by atoms with Gasteiger partial charge in [-0.3, -0.25) is 4.68 Å². The minimum absolute atomic E-state index is 0.321. The van der Waals surface area contributed by atoms with E-state index in [4.69, 9.17) is 28.9 Å². The molecule has 2 rings (SSSR count). The largest absolute Gasteiger partial charge is 0.319 e. The summed E-state index contributed by atoms with van der Waals surface area (Å²) in [5.74, 6) is 0. The fourth-order valence-corrected chi connectivity index (χ4v) is 2.47. The van der Waals surface area contributed by atoms with Gasteiger partial charge in [-0.2, -0.15) is 5.10 Å². The Morgan fingerprint density at radius 1 is 1.39 bits per heavy atom. The van der Waals surface area contributed by atoms with Crippen LogP contribution in [0.2, 0.25) is 10.0 Å². The van der Waals surface area contributed by atoms with Gasteiger partial charge in [-0.25, -0.2) is 0 Å². The molecule has 1 heterocycles. The molecule has 0 fully saturated rings. The zero-order chi connectivity index (χ0) is 13.3. The standard InChI is InChI=1S/C13H15Cl2N3/c1-3-18-13(11(15)7-17-18)12(16)10-6-9(14)5-4-8(10)2/h4-7,12H,3,16H2,1-2H3. The minimum atomic E-state index is -0.321. The Kier molecular flexibility index (Phi) is 3.95. The average Bonchev–Trinajstić information content (AvgIpc) is 2.72. The lowest BCUT2D eigenvalue weighted by atomic mass is 9.99. The summed E-state index contributed by atoms with van der Waals surface area (Å²) in [5, 5.41) is 5.46. The van der Waals surface area contributed by atoms with E-state index in [9.17, 15) is 0 Å². The maximum atomic E-state index is 6.30. The Morgan fingerprint density at radius 3 is 2.78 bits per heavy atom. The highest BCUT2D eigenvalue weighted by molar-refractivity contribution is 6.31. The second-order valence-corrected chi connectivity index (χ2v) is 5.02. The van der Waals surface area contributed by atoms with Crippen LogP contribution in [0.25, 0.3) is 0 Å². The molecule has 1 unspecified atom stereocenters. The van der Waals surface area contributed by atoms with Crippen molar-refractivity contribution in [2.24, 2.45) is 5.73 Å². The molecular weight excluding hydrogens is 269 g/mol. The fourth-order valence-electron chi connectivity index (χ4n) is 2.03. The highest BCUT2D eigenvalue weighted by Gasteiger charge is 2.19. The first kappa shape index (κ1) is 13.4. The van der Waals surface area contributed by atoms with E-state index in [1.807, 2.05) is 36.7 Å². The molecule has 96 valence electrons. The Balaban J connectivity index is 2.50. The zero-order valence-electron chi connectivity index (χ0n) is 10.3. The summed E-state index contributed by atoms with van der Waals surface area (Å²) in [7, 11) is 0. The van der Waals surface area contributed by atoms with Gasteiger partial charge < -0.3 is 5.73 Å². The monoisotopic (exact) mass is 283 g/mol. The van der Waals surface area contributed by atoms with Crippen LogP contribution in [0.15, 0.2) is 24.4 Å². The molecule has 1 aromatic heterocycles. The first-order chi connectivity index (χ1) is 8.54. The molecule has 2 aromatic rings. The number of nitrogens with two attached hydrogens (primary N) is 1. The van der Waals surface area contributed by atoms with E-state index < -0.39 is 0 Å². The number of benzene rings is 1. The molecule has 0 spiro atoms.